The number of hydrogen-bond acceptors (Lipinski definition) is 11. The highest BCUT2D eigenvalue weighted by Gasteiger charge is 2.38. The lowest BCUT2D eigenvalue weighted by atomic mass is 9.87. The maximum atomic E-state index is 15.6. The summed E-state index contributed by atoms with van der Waals surface area (Å²) in [5.41, 5.74) is -0.481. The Bertz CT molecular complexity index is 2750. The van der Waals surface area contributed by atoms with E-state index in [4.69, 9.17) is 0 Å². The Morgan fingerprint density at radius 1 is 0.922 bits per heavy atom. The molecule has 3 saturated heterocycles. The highest BCUT2D eigenvalue weighted by molar-refractivity contribution is 7.90. The van der Waals surface area contributed by atoms with Gasteiger partial charge in [0.2, 0.25) is 23.5 Å². The molecule has 4 N–H and O–H groups in total. The van der Waals surface area contributed by atoms with E-state index in [9.17, 15) is 32.7 Å². The van der Waals surface area contributed by atoms with Crippen LogP contribution in [0.1, 0.15) is 66.4 Å². The van der Waals surface area contributed by atoms with Crippen LogP contribution < -0.4 is 19.8 Å². The zero-order chi connectivity index (χ0) is 45.5. The zero-order valence-electron chi connectivity index (χ0n) is 35.0. The number of H-pyrrole nitrogens is 1. The van der Waals surface area contributed by atoms with Gasteiger partial charge >= 0.3 is 10.2 Å². The number of aromatic amines is 1. The van der Waals surface area contributed by atoms with Crippen LogP contribution in [-0.2, 0) is 24.6 Å². The summed E-state index contributed by atoms with van der Waals surface area (Å²) in [4.78, 5) is 68.3. The summed E-state index contributed by atoms with van der Waals surface area (Å²) in [5.74, 6) is -4.91. The standard InChI is InChI=1S/C44H46F3N9O7S/c1-3-53(2)64(62,63)52-34-8-7-32(45)39(40(34)47)41(59)31-25-50-42-30(31)20-28(24-49-42)27-5-10-36(48-23-27)55-16-18-56(19-17-55)38(58)22-44(61)12-14-54(15-13-44)35-9-4-26(21-33(35)46)29-6-11-37(57)51-43(29)60/h4-5,7-10,20-21,23-25,29,52,61H,3,6,11-19,22H2,1-2H3,(H,49,50)(H,51,57,60). The molecule has 16 nitrogen and oxygen atoms in total. The van der Waals surface area contributed by atoms with Crippen LogP contribution in [0.25, 0.3) is 22.2 Å². The van der Waals surface area contributed by atoms with E-state index in [0.29, 0.717) is 73.9 Å². The summed E-state index contributed by atoms with van der Waals surface area (Å²) >= 11 is 0. The molecule has 64 heavy (non-hydrogen) atoms. The Morgan fingerprint density at radius 2 is 1.66 bits per heavy atom. The number of anilines is 3. The summed E-state index contributed by atoms with van der Waals surface area (Å²) in [6, 6.07) is 11.7. The van der Waals surface area contributed by atoms with Crippen LogP contribution in [-0.4, -0.2) is 120 Å². The molecule has 3 aromatic heterocycles. The van der Waals surface area contributed by atoms with E-state index in [1.807, 2.05) is 21.9 Å². The van der Waals surface area contributed by atoms with Gasteiger partial charge in [0.15, 0.2) is 5.82 Å². The van der Waals surface area contributed by atoms with Gasteiger partial charge in [-0.1, -0.05) is 13.0 Å². The highest BCUT2D eigenvalue weighted by Crippen LogP contribution is 2.35. The van der Waals surface area contributed by atoms with Crippen LogP contribution >= 0.6 is 0 Å². The monoisotopic (exact) mass is 901 g/mol. The number of carbonyl (C=O) groups excluding carboxylic acids is 4. The molecular formula is C44H46F3N9O7S. The molecule has 0 spiro atoms. The quantitative estimate of drug-likeness (QED) is 0.102. The van der Waals surface area contributed by atoms with E-state index < -0.39 is 62.1 Å². The topological polar surface area (TPSA) is 201 Å². The number of amides is 3. The molecule has 0 radical (unpaired) electrons. The summed E-state index contributed by atoms with van der Waals surface area (Å²) < 4.78 is 74.0. The molecule has 336 valence electrons. The SMILES string of the molecule is CCN(C)S(=O)(=O)Nc1ccc(F)c(C(=O)c2c[nH]c3ncc(-c4ccc(N5CCN(C(=O)CC6(O)CCN(c7ccc(C8CCC(=O)NC8=O)cc7F)CC6)CC5)nc4)cc23)c1F. The number of benzene rings is 2. The van der Waals surface area contributed by atoms with E-state index in [0.717, 1.165) is 16.4 Å². The number of pyridine rings is 2. The molecule has 3 amide bonds. The van der Waals surface area contributed by atoms with Crippen molar-refractivity contribution in [3.05, 3.63) is 101 Å². The normalized spacial score (nSPS) is 18.1. The van der Waals surface area contributed by atoms with E-state index in [1.54, 1.807) is 42.4 Å². The van der Waals surface area contributed by atoms with Crippen LogP contribution in [0.15, 0.2) is 67.1 Å². The minimum Gasteiger partial charge on any atom is -0.389 e. The number of aromatic nitrogens is 3. The minimum absolute atomic E-state index is 0.0633. The number of piperazine rings is 1. The minimum atomic E-state index is -4.16. The molecule has 5 aromatic rings. The first-order chi connectivity index (χ1) is 30.5. The first-order valence-electron chi connectivity index (χ1n) is 20.9. The van der Waals surface area contributed by atoms with Crippen LogP contribution in [0, 0.1) is 17.5 Å². The van der Waals surface area contributed by atoms with Crippen molar-refractivity contribution in [2.45, 2.75) is 50.5 Å². The fraction of sp³-hybridized carbons (Fsp3) is 0.364. The molecule has 1 unspecified atom stereocenters. The number of carbonyl (C=O) groups is 4. The van der Waals surface area contributed by atoms with Gasteiger partial charge in [0.05, 0.1) is 34.9 Å². The molecule has 0 saturated carbocycles. The van der Waals surface area contributed by atoms with Gasteiger partial charge in [-0.3, -0.25) is 29.2 Å². The summed E-state index contributed by atoms with van der Waals surface area (Å²) in [7, 11) is -2.88. The predicted octanol–water partition coefficient (Wildman–Crippen LogP) is 4.47. The lowest BCUT2D eigenvalue weighted by Gasteiger charge is -2.41. The first kappa shape index (κ1) is 44.2. The molecule has 6 heterocycles. The van der Waals surface area contributed by atoms with Crippen LogP contribution in [0.4, 0.5) is 30.4 Å². The van der Waals surface area contributed by atoms with Crippen molar-refractivity contribution in [2.24, 2.45) is 0 Å². The fourth-order valence-corrected chi connectivity index (χ4v) is 9.31. The van der Waals surface area contributed by atoms with Crippen molar-refractivity contribution < 1.29 is 45.9 Å². The molecule has 0 aliphatic carbocycles. The molecule has 3 aliphatic heterocycles. The van der Waals surface area contributed by atoms with Gasteiger partial charge < -0.3 is 24.8 Å². The molecular weight excluding hydrogens is 856 g/mol. The average molecular weight is 902 g/mol. The highest BCUT2D eigenvalue weighted by atomic mass is 32.2. The van der Waals surface area contributed by atoms with Gasteiger partial charge in [0, 0.05) is 99.9 Å². The van der Waals surface area contributed by atoms with Crippen LogP contribution in [0.5, 0.6) is 0 Å². The second-order valence-electron chi connectivity index (χ2n) is 16.3. The van der Waals surface area contributed by atoms with Gasteiger partial charge in [0.1, 0.15) is 23.1 Å². The van der Waals surface area contributed by atoms with Crippen molar-refractivity contribution in [1.29, 1.82) is 0 Å². The van der Waals surface area contributed by atoms with Crippen molar-refractivity contribution in [2.75, 3.05) is 67.4 Å². The van der Waals surface area contributed by atoms with E-state index in [1.165, 1.54) is 19.3 Å². The number of fused-ring (bicyclic) bond motifs is 1. The number of hydrogen-bond donors (Lipinski definition) is 4. The third kappa shape index (κ3) is 8.89. The Balaban J connectivity index is 0.862. The maximum Gasteiger partial charge on any atom is 0.301 e. The lowest BCUT2D eigenvalue weighted by molar-refractivity contribution is -0.138. The number of ketones is 1. The number of piperidine rings is 2. The summed E-state index contributed by atoms with van der Waals surface area (Å²) in [6.07, 6.45) is 5.46. The van der Waals surface area contributed by atoms with Crippen molar-refractivity contribution in [3.8, 4) is 11.1 Å². The molecule has 0 bridgehead atoms. The number of imide groups is 1. The third-order valence-electron chi connectivity index (χ3n) is 12.4. The van der Waals surface area contributed by atoms with Gasteiger partial charge in [-0.05, 0) is 67.3 Å². The van der Waals surface area contributed by atoms with Crippen molar-refractivity contribution in [3.63, 3.8) is 0 Å². The molecule has 20 heteroatoms. The second-order valence-corrected chi connectivity index (χ2v) is 18.1. The van der Waals surface area contributed by atoms with Gasteiger partial charge in [-0.2, -0.15) is 12.7 Å². The number of nitrogens with zero attached hydrogens (tertiary/aromatic N) is 6. The fourth-order valence-electron chi connectivity index (χ4n) is 8.38. The summed E-state index contributed by atoms with van der Waals surface area (Å²) in [6.45, 7) is 4.14. The number of nitrogens with one attached hydrogen (secondary N) is 3. The Morgan fingerprint density at radius 3 is 2.33 bits per heavy atom. The van der Waals surface area contributed by atoms with E-state index in [-0.39, 0.29) is 60.6 Å². The summed E-state index contributed by atoms with van der Waals surface area (Å²) in [5, 5.41) is 14.0. The Kier molecular flexibility index (Phi) is 12.2. The molecule has 8 rings (SSSR count). The number of halogens is 3. The zero-order valence-corrected chi connectivity index (χ0v) is 35.9. The molecule has 3 fully saturated rings. The van der Waals surface area contributed by atoms with E-state index in [2.05, 4.69) is 25.0 Å². The third-order valence-corrected chi connectivity index (χ3v) is 13.9. The average Bonchev–Trinajstić information content (AvgIpc) is 3.71. The molecule has 1 atom stereocenters. The van der Waals surface area contributed by atoms with Gasteiger partial charge in [0.25, 0.3) is 0 Å². The van der Waals surface area contributed by atoms with Gasteiger partial charge in [-0.25, -0.2) is 23.1 Å². The van der Waals surface area contributed by atoms with Crippen molar-refractivity contribution in [1.82, 2.24) is 29.5 Å². The Hall–Kier alpha value is -6.38. The number of rotatable bonds is 12. The van der Waals surface area contributed by atoms with E-state index >= 15 is 13.2 Å². The van der Waals surface area contributed by atoms with Crippen LogP contribution in [0.2, 0.25) is 0 Å². The largest absolute Gasteiger partial charge is 0.389 e. The molecule has 3 aliphatic rings. The smallest absolute Gasteiger partial charge is 0.301 e. The van der Waals surface area contributed by atoms with Crippen molar-refractivity contribution >= 4 is 61.9 Å². The lowest BCUT2D eigenvalue weighted by Crippen LogP contribution is -2.52. The van der Waals surface area contributed by atoms with Crippen LogP contribution in [0.3, 0.4) is 0 Å². The predicted molar refractivity (Wildman–Crippen MR) is 231 cm³/mol. The van der Waals surface area contributed by atoms with Gasteiger partial charge in [-0.15, -0.1) is 0 Å². The number of aliphatic hydroxyl groups is 1. The maximum absolute atomic E-state index is 15.6. The second kappa shape index (κ2) is 17.6. The first-order valence-corrected chi connectivity index (χ1v) is 22.3. The molecule has 2 aromatic carbocycles. The Labute approximate surface area is 366 Å².